The summed E-state index contributed by atoms with van der Waals surface area (Å²) in [6.07, 6.45) is 0.0657. The number of rotatable bonds is 6. The van der Waals surface area contributed by atoms with Crippen molar-refractivity contribution in [3.05, 3.63) is 28.7 Å². The Hall–Kier alpha value is -1.01. The Morgan fingerprint density at radius 2 is 2.00 bits per heavy atom. The molecule has 0 bridgehead atoms. The molecule has 0 heterocycles. The van der Waals surface area contributed by atoms with Crippen molar-refractivity contribution < 1.29 is 14.7 Å². The number of nitrogens with one attached hydrogen (secondary N) is 1. The zero-order chi connectivity index (χ0) is 13.5. The number of benzene rings is 1. The molecule has 4 nitrogen and oxygen atoms in total. The summed E-state index contributed by atoms with van der Waals surface area (Å²) < 4.78 is 0.949. The summed E-state index contributed by atoms with van der Waals surface area (Å²) in [5.41, 5.74) is 0.731. The molecule has 1 aromatic carbocycles. The van der Waals surface area contributed by atoms with E-state index in [0.29, 0.717) is 0 Å². The largest absolute Gasteiger partial charge is 0.481 e. The summed E-state index contributed by atoms with van der Waals surface area (Å²) in [4.78, 5) is 22.1. The van der Waals surface area contributed by atoms with Gasteiger partial charge in [0.15, 0.2) is 0 Å². The number of amides is 1. The second kappa shape index (κ2) is 7.43. The molecule has 0 aliphatic heterocycles. The van der Waals surface area contributed by atoms with Gasteiger partial charge in [-0.2, -0.15) is 0 Å². The van der Waals surface area contributed by atoms with Crippen molar-refractivity contribution in [1.82, 2.24) is 0 Å². The molecule has 98 valence electrons. The van der Waals surface area contributed by atoms with Crippen LogP contribution in [0.4, 0.5) is 5.69 Å². The summed E-state index contributed by atoms with van der Waals surface area (Å²) in [5.74, 6) is -0.715. The second-order valence-electron chi connectivity index (χ2n) is 3.77. The van der Waals surface area contributed by atoms with Gasteiger partial charge in [-0.1, -0.05) is 22.9 Å². The number of carbonyl (C=O) groups is 2. The van der Waals surface area contributed by atoms with Gasteiger partial charge < -0.3 is 10.4 Å². The number of anilines is 1. The molecule has 0 saturated heterocycles. The number of carboxylic acid groups (broad SMARTS) is 1. The zero-order valence-electron chi connectivity index (χ0n) is 9.85. The highest BCUT2D eigenvalue weighted by Crippen LogP contribution is 2.16. The fourth-order valence-electron chi connectivity index (χ4n) is 1.25. The Labute approximate surface area is 118 Å². The first kappa shape index (κ1) is 15.0. The number of aliphatic carboxylic acids is 1. The summed E-state index contributed by atoms with van der Waals surface area (Å²) in [6, 6.07) is 7.28. The van der Waals surface area contributed by atoms with Crippen molar-refractivity contribution in [2.24, 2.45) is 0 Å². The number of halogens is 1. The summed E-state index contributed by atoms with van der Waals surface area (Å²) >= 11 is 4.65. The third-order valence-electron chi connectivity index (χ3n) is 2.09. The van der Waals surface area contributed by atoms with Crippen LogP contribution in [0.15, 0.2) is 28.7 Å². The van der Waals surface area contributed by atoms with Gasteiger partial charge in [0, 0.05) is 15.4 Å². The predicted molar refractivity (Wildman–Crippen MR) is 76.9 cm³/mol. The van der Waals surface area contributed by atoms with Crippen LogP contribution in [-0.4, -0.2) is 28.0 Å². The predicted octanol–water partition coefficient (Wildman–Crippen LogP) is 2.98. The van der Waals surface area contributed by atoms with E-state index in [-0.39, 0.29) is 23.3 Å². The van der Waals surface area contributed by atoms with Gasteiger partial charge >= 0.3 is 5.97 Å². The minimum Gasteiger partial charge on any atom is -0.481 e. The first-order valence-electron chi connectivity index (χ1n) is 5.36. The first-order valence-corrected chi connectivity index (χ1v) is 7.20. The smallest absolute Gasteiger partial charge is 0.304 e. The molecule has 0 spiro atoms. The molecule has 1 aromatic rings. The normalized spacial score (nSPS) is 11.9. The van der Waals surface area contributed by atoms with Gasteiger partial charge in [0.1, 0.15) is 0 Å². The van der Waals surface area contributed by atoms with Crippen molar-refractivity contribution in [2.45, 2.75) is 18.6 Å². The van der Waals surface area contributed by atoms with E-state index in [1.807, 2.05) is 12.1 Å². The van der Waals surface area contributed by atoms with E-state index in [4.69, 9.17) is 5.11 Å². The summed E-state index contributed by atoms with van der Waals surface area (Å²) in [7, 11) is 0. The molecule has 18 heavy (non-hydrogen) atoms. The van der Waals surface area contributed by atoms with Gasteiger partial charge in [-0.05, 0) is 24.3 Å². The lowest BCUT2D eigenvalue weighted by atomic mass is 10.3. The molecule has 1 unspecified atom stereocenters. The van der Waals surface area contributed by atoms with Crippen LogP contribution >= 0.6 is 27.7 Å². The molecule has 0 radical (unpaired) electrons. The van der Waals surface area contributed by atoms with E-state index in [9.17, 15) is 9.59 Å². The summed E-state index contributed by atoms with van der Waals surface area (Å²) in [6.45, 7) is 1.80. The van der Waals surface area contributed by atoms with Crippen LogP contribution in [-0.2, 0) is 9.59 Å². The molecular weight excluding hydrogens is 318 g/mol. The van der Waals surface area contributed by atoms with Gasteiger partial charge in [-0.25, -0.2) is 0 Å². The van der Waals surface area contributed by atoms with Crippen LogP contribution < -0.4 is 5.32 Å². The molecular formula is C12H14BrNO3S. The lowest BCUT2D eigenvalue weighted by Crippen LogP contribution is -2.16. The Bertz CT molecular complexity index is 422. The van der Waals surface area contributed by atoms with E-state index in [1.54, 1.807) is 19.1 Å². The minimum absolute atomic E-state index is 0.0657. The molecule has 0 aromatic heterocycles. The van der Waals surface area contributed by atoms with Crippen LogP contribution in [0.5, 0.6) is 0 Å². The first-order chi connectivity index (χ1) is 8.47. The zero-order valence-corrected chi connectivity index (χ0v) is 12.3. The maximum absolute atomic E-state index is 11.6. The third-order valence-corrected chi connectivity index (χ3v) is 3.78. The van der Waals surface area contributed by atoms with Gasteiger partial charge in [0.25, 0.3) is 0 Å². The molecule has 0 saturated carbocycles. The Kier molecular flexibility index (Phi) is 6.21. The minimum atomic E-state index is -0.844. The van der Waals surface area contributed by atoms with E-state index >= 15 is 0 Å². The number of thioether (sulfide) groups is 1. The van der Waals surface area contributed by atoms with Crippen LogP contribution in [0.3, 0.4) is 0 Å². The highest BCUT2D eigenvalue weighted by molar-refractivity contribution is 9.10. The van der Waals surface area contributed by atoms with E-state index < -0.39 is 5.97 Å². The average molecular weight is 332 g/mol. The lowest BCUT2D eigenvalue weighted by molar-refractivity contribution is -0.136. The molecule has 1 atom stereocenters. The SMILES string of the molecule is CC(CC(=O)O)SCC(=O)Nc1ccc(Br)cc1. The van der Waals surface area contributed by atoms with E-state index in [1.165, 1.54) is 11.8 Å². The number of hydrogen-bond donors (Lipinski definition) is 2. The van der Waals surface area contributed by atoms with E-state index in [0.717, 1.165) is 10.2 Å². The molecule has 2 N–H and O–H groups in total. The van der Waals surface area contributed by atoms with Gasteiger partial charge in [0.05, 0.1) is 12.2 Å². The molecule has 1 amide bonds. The monoisotopic (exact) mass is 331 g/mol. The van der Waals surface area contributed by atoms with Crippen molar-refractivity contribution in [3.63, 3.8) is 0 Å². The van der Waals surface area contributed by atoms with Crippen molar-refractivity contribution >= 4 is 45.3 Å². The van der Waals surface area contributed by atoms with Gasteiger partial charge in [-0.15, -0.1) is 11.8 Å². The van der Waals surface area contributed by atoms with Crippen molar-refractivity contribution in [3.8, 4) is 0 Å². The maximum Gasteiger partial charge on any atom is 0.304 e. The number of hydrogen-bond acceptors (Lipinski definition) is 3. The Morgan fingerprint density at radius 3 is 2.56 bits per heavy atom. The molecule has 1 rings (SSSR count). The quantitative estimate of drug-likeness (QED) is 0.840. The second-order valence-corrected chi connectivity index (χ2v) is 6.12. The molecule has 0 aliphatic carbocycles. The third kappa shape index (κ3) is 6.07. The average Bonchev–Trinajstić information content (AvgIpc) is 2.29. The molecule has 0 aliphatic rings. The van der Waals surface area contributed by atoms with Crippen LogP contribution in [0.2, 0.25) is 0 Å². The van der Waals surface area contributed by atoms with Crippen molar-refractivity contribution in [1.29, 1.82) is 0 Å². The topological polar surface area (TPSA) is 66.4 Å². The highest BCUT2D eigenvalue weighted by Gasteiger charge is 2.10. The molecule has 0 fully saturated rings. The van der Waals surface area contributed by atoms with Gasteiger partial charge in [-0.3, -0.25) is 9.59 Å². The number of carbonyl (C=O) groups excluding carboxylic acids is 1. The van der Waals surface area contributed by atoms with Crippen LogP contribution in [0.1, 0.15) is 13.3 Å². The lowest BCUT2D eigenvalue weighted by Gasteiger charge is -2.09. The van der Waals surface area contributed by atoms with Crippen molar-refractivity contribution in [2.75, 3.05) is 11.1 Å². The summed E-state index contributed by atoms with van der Waals surface area (Å²) in [5, 5.41) is 11.3. The van der Waals surface area contributed by atoms with Gasteiger partial charge in [0.2, 0.25) is 5.91 Å². The maximum atomic E-state index is 11.6. The Balaban J connectivity index is 2.33. The van der Waals surface area contributed by atoms with E-state index in [2.05, 4.69) is 21.2 Å². The Morgan fingerprint density at radius 1 is 1.39 bits per heavy atom. The molecule has 6 heteroatoms. The fourth-order valence-corrected chi connectivity index (χ4v) is 2.29. The standard InChI is InChI=1S/C12H14BrNO3S/c1-8(6-12(16)17)18-7-11(15)14-10-4-2-9(13)3-5-10/h2-5,8H,6-7H2,1H3,(H,14,15)(H,16,17). The van der Waals surface area contributed by atoms with Crippen LogP contribution in [0, 0.1) is 0 Å². The fraction of sp³-hybridized carbons (Fsp3) is 0.333. The van der Waals surface area contributed by atoms with Crippen LogP contribution in [0.25, 0.3) is 0 Å². The highest BCUT2D eigenvalue weighted by atomic mass is 79.9. The number of carboxylic acids is 1.